The third-order valence-electron chi connectivity index (χ3n) is 2.50. The summed E-state index contributed by atoms with van der Waals surface area (Å²) in [5, 5.41) is 5.67. The van der Waals surface area contributed by atoms with Crippen LogP contribution in [0.25, 0.3) is 0 Å². The smallest absolute Gasteiger partial charge is 0.315 e. The third-order valence-corrected chi connectivity index (χ3v) is 2.50. The van der Waals surface area contributed by atoms with Gasteiger partial charge in [-0.25, -0.2) is 4.79 Å². The molecule has 2 N–H and O–H groups in total. The van der Waals surface area contributed by atoms with Crippen LogP contribution in [0.15, 0.2) is 0 Å². The molecule has 3 heteroatoms. The lowest BCUT2D eigenvalue weighted by molar-refractivity contribution is 0.247. The largest absolute Gasteiger partial charge is 0.336 e. The van der Waals surface area contributed by atoms with Gasteiger partial charge in [-0.05, 0) is 6.42 Å². The zero-order chi connectivity index (χ0) is 9.52. The zero-order valence-corrected chi connectivity index (χ0v) is 8.44. The summed E-state index contributed by atoms with van der Waals surface area (Å²) >= 11 is 0. The summed E-state index contributed by atoms with van der Waals surface area (Å²) < 4.78 is 0. The van der Waals surface area contributed by atoms with Gasteiger partial charge in [-0.2, -0.15) is 0 Å². The summed E-state index contributed by atoms with van der Waals surface area (Å²) in [4.78, 5) is 10.8. The molecule has 0 aliphatic carbocycles. The number of carbonyl (C=O) groups is 1. The fourth-order valence-corrected chi connectivity index (χ4v) is 1.67. The number of unbranched alkanes of at least 4 members (excludes halogenated alkanes) is 4. The number of amides is 2. The van der Waals surface area contributed by atoms with E-state index in [1.54, 1.807) is 0 Å². The Labute approximate surface area is 80.3 Å². The second-order valence-corrected chi connectivity index (χ2v) is 3.75. The van der Waals surface area contributed by atoms with Gasteiger partial charge < -0.3 is 10.6 Å². The van der Waals surface area contributed by atoms with Crippen LogP contribution in [0.3, 0.4) is 0 Å². The standard InChI is InChI=1S/C10H20N2O/c1-2-3-4-5-6-7-9-8-11-10(13)12-9/h9H,2-8H2,1H3,(H2,11,12,13). The average Bonchev–Trinajstić information content (AvgIpc) is 2.51. The van der Waals surface area contributed by atoms with Gasteiger partial charge in [0, 0.05) is 12.6 Å². The van der Waals surface area contributed by atoms with E-state index in [9.17, 15) is 4.79 Å². The van der Waals surface area contributed by atoms with E-state index in [0.29, 0.717) is 6.04 Å². The second-order valence-electron chi connectivity index (χ2n) is 3.75. The van der Waals surface area contributed by atoms with Gasteiger partial charge in [0.05, 0.1) is 0 Å². The van der Waals surface area contributed by atoms with Gasteiger partial charge in [-0.1, -0.05) is 39.0 Å². The van der Waals surface area contributed by atoms with E-state index < -0.39 is 0 Å². The molecule has 1 rings (SSSR count). The number of carbonyl (C=O) groups excluding carboxylic acids is 1. The van der Waals surface area contributed by atoms with Crippen molar-refractivity contribution in [2.24, 2.45) is 0 Å². The Balaban J connectivity index is 1.91. The minimum atomic E-state index is -0.00134. The molecule has 13 heavy (non-hydrogen) atoms. The molecule has 0 radical (unpaired) electrons. The molecule has 0 spiro atoms. The molecule has 76 valence electrons. The Hall–Kier alpha value is -0.730. The van der Waals surface area contributed by atoms with E-state index >= 15 is 0 Å². The van der Waals surface area contributed by atoms with Crippen molar-refractivity contribution in [3.8, 4) is 0 Å². The summed E-state index contributed by atoms with van der Waals surface area (Å²) in [6.45, 7) is 3.04. The Morgan fingerprint density at radius 3 is 2.69 bits per heavy atom. The third kappa shape index (κ3) is 4.15. The molecule has 1 atom stereocenters. The van der Waals surface area contributed by atoms with Crippen molar-refractivity contribution in [1.82, 2.24) is 10.6 Å². The first-order valence-electron chi connectivity index (χ1n) is 5.37. The van der Waals surface area contributed by atoms with Gasteiger partial charge in [-0.3, -0.25) is 0 Å². The molecule has 1 saturated heterocycles. The molecule has 2 amide bonds. The first-order chi connectivity index (χ1) is 6.33. The van der Waals surface area contributed by atoms with Crippen molar-refractivity contribution in [3.05, 3.63) is 0 Å². The zero-order valence-electron chi connectivity index (χ0n) is 8.44. The van der Waals surface area contributed by atoms with Crippen molar-refractivity contribution in [3.63, 3.8) is 0 Å². The highest BCUT2D eigenvalue weighted by Crippen LogP contribution is 2.08. The number of urea groups is 1. The molecule has 1 fully saturated rings. The molecule has 1 aliphatic heterocycles. The lowest BCUT2D eigenvalue weighted by Gasteiger charge is -2.07. The van der Waals surface area contributed by atoms with E-state index in [-0.39, 0.29) is 6.03 Å². The topological polar surface area (TPSA) is 41.1 Å². The number of rotatable bonds is 6. The molecule has 1 aliphatic rings. The van der Waals surface area contributed by atoms with Crippen molar-refractivity contribution in [2.75, 3.05) is 6.54 Å². The van der Waals surface area contributed by atoms with Crippen molar-refractivity contribution >= 4 is 6.03 Å². The van der Waals surface area contributed by atoms with Crippen molar-refractivity contribution in [1.29, 1.82) is 0 Å². The van der Waals surface area contributed by atoms with Gasteiger partial charge in [0.15, 0.2) is 0 Å². The molecule has 3 nitrogen and oxygen atoms in total. The Bertz CT molecular complexity index is 159. The quantitative estimate of drug-likeness (QED) is 0.609. The molecule has 0 aromatic rings. The van der Waals surface area contributed by atoms with Crippen molar-refractivity contribution in [2.45, 2.75) is 51.5 Å². The summed E-state index contributed by atoms with van der Waals surface area (Å²) in [5.41, 5.74) is 0. The average molecular weight is 184 g/mol. The van der Waals surface area contributed by atoms with E-state index in [1.165, 1.54) is 32.1 Å². The van der Waals surface area contributed by atoms with E-state index in [2.05, 4.69) is 17.6 Å². The van der Waals surface area contributed by atoms with Crippen LogP contribution in [0.4, 0.5) is 4.79 Å². The Morgan fingerprint density at radius 2 is 2.08 bits per heavy atom. The van der Waals surface area contributed by atoms with E-state index in [0.717, 1.165) is 13.0 Å². The first kappa shape index (κ1) is 10.4. The van der Waals surface area contributed by atoms with Gasteiger partial charge in [-0.15, -0.1) is 0 Å². The number of hydrogen-bond acceptors (Lipinski definition) is 1. The highest BCUT2D eigenvalue weighted by Gasteiger charge is 2.18. The monoisotopic (exact) mass is 184 g/mol. The Kier molecular flexibility index (Phi) is 4.65. The molecule has 1 unspecified atom stereocenters. The molecule has 0 aromatic heterocycles. The summed E-state index contributed by atoms with van der Waals surface area (Å²) in [6.07, 6.45) is 7.65. The molecule has 0 saturated carbocycles. The second kappa shape index (κ2) is 5.84. The van der Waals surface area contributed by atoms with Crippen LogP contribution in [0, 0.1) is 0 Å². The number of hydrogen-bond donors (Lipinski definition) is 2. The van der Waals surface area contributed by atoms with Gasteiger partial charge in [0.1, 0.15) is 0 Å². The van der Waals surface area contributed by atoms with Crippen LogP contribution in [0.1, 0.15) is 45.4 Å². The lowest BCUT2D eigenvalue weighted by atomic mass is 10.1. The highest BCUT2D eigenvalue weighted by molar-refractivity contribution is 5.76. The lowest BCUT2D eigenvalue weighted by Crippen LogP contribution is -2.26. The van der Waals surface area contributed by atoms with Crippen LogP contribution in [-0.4, -0.2) is 18.6 Å². The van der Waals surface area contributed by atoms with Crippen LogP contribution < -0.4 is 10.6 Å². The first-order valence-corrected chi connectivity index (χ1v) is 5.37. The maximum absolute atomic E-state index is 10.8. The van der Waals surface area contributed by atoms with Gasteiger partial charge >= 0.3 is 6.03 Å². The minimum Gasteiger partial charge on any atom is -0.336 e. The summed E-state index contributed by atoms with van der Waals surface area (Å²) in [7, 11) is 0. The summed E-state index contributed by atoms with van der Waals surface area (Å²) in [5.74, 6) is 0. The molecule has 0 aromatic carbocycles. The van der Waals surface area contributed by atoms with Crippen LogP contribution in [0.2, 0.25) is 0 Å². The number of nitrogens with one attached hydrogen (secondary N) is 2. The predicted molar refractivity (Wildman–Crippen MR) is 53.7 cm³/mol. The fourth-order valence-electron chi connectivity index (χ4n) is 1.67. The highest BCUT2D eigenvalue weighted by atomic mass is 16.2. The normalized spacial score (nSPS) is 21.3. The van der Waals surface area contributed by atoms with E-state index in [4.69, 9.17) is 0 Å². The molecular formula is C10H20N2O. The van der Waals surface area contributed by atoms with Crippen LogP contribution in [-0.2, 0) is 0 Å². The minimum absolute atomic E-state index is 0.00134. The SMILES string of the molecule is CCCCCCCC1CNC(=O)N1. The van der Waals surface area contributed by atoms with Crippen LogP contribution >= 0.6 is 0 Å². The van der Waals surface area contributed by atoms with Crippen molar-refractivity contribution < 1.29 is 4.79 Å². The molecule has 1 heterocycles. The van der Waals surface area contributed by atoms with Gasteiger partial charge in [0.25, 0.3) is 0 Å². The molecule has 0 bridgehead atoms. The maximum atomic E-state index is 10.8. The maximum Gasteiger partial charge on any atom is 0.315 e. The fraction of sp³-hybridized carbons (Fsp3) is 0.900. The van der Waals surface area contributed by atoms with Crippen LogP contribution in [0.5, 0.6) is 0 Å². The van der Waals surface area contributed by atoms with E-state index in [1.807, 2.05) is 0 Å². The predicted octanol–water partition coefficient (Wildman–Crippen LogP) is 2.03. The molecular weight excluding hydrogens is 164 g/mol. The van der Waals surface area contributed by atoms with Gasteiger partial charge in [0.2, 0.25) is 0 Å². The Morgan fingerprint density at radius 1 is 1.31 bits per heavy atom. The summed E-state index contributed by atoms with van der Waals surface area (Å²) in [6, 6.07) is 0.382.